The van der Waals surface area contributed by atoms with Gasteiger partial charge in [0, 0.05) is 19.6 Å². The summed E-state index contributed by atoms with van der Waals surface area (Å²) < 4.78 is 18.1. The Balaban J connectivity index is 2.37. The van der Waals surface area contributed by atoms with Crippen LogP contribution in [-0.2, 0) is 18.7 Å². The predicted molar refractivity (Wildman–Crippen MR) is 102 cm³/mol. The highest BCUT2D eigenvalue weighted by Gasteiger charge is 2.44. The first-order chi connectivity index (χ1) is 11.7. The number of benzene rings is 1. The monoisotopic (exact) mass is 362 g/mol. The van der Waals surface area contributed by atoms with Crippen molar-refractivity contribution in [2.24, 2.45) is 0 Å². The second kappa shape index (κ2) is 7.85. The van der Waals surface area contributed by atoms with E-state index in [-0.39, 0.29) is 29.3 Å². The summed E-state index contributed by atoms with van der Waals surface area (Å²) in [7, 11) is -0.401. The Bertz CT molecular complexity index is 604. The minimum atomic E-state index is -2.08. The molecule has 2 rings (SSSR count). The lowest BCUT2D eigenvalue weighted by Gasteiger charge is -2.43. The molecule has 1 aliphatic heterocycles. The molecule has 1 aromatic rings. The van der Waals surface area contributed by atoms with Crippen LogP contribution < -0.4 is 0 Å². The number of cyclic esters (lactones) is 1. The fourth-order valence-corrected chi connectivity index (χ4v) is 4.00. The van der Waals surface area contributed by atoms with Crippen molar-refractivity contribution in [2.45, 2.75) is 63.6 Å². The van der Waals surface area contributed by atoms with Crippen molar-refractivity contribution >= 4 is 14.3 Å². The average molecular weight is 363 g/mol. The quantitative estimate of drug-likeness (QED) is 0.546. The molecule has 0 bridgehead atoms. The van der Waals surface area contributed by atoms with Crippen molar-refractivity contribution in [3.05, 3.63) is 48.0 Å². The third kappa shape index (κ3) is 4.81. The van der Waals surface area contributed by atoms with Crippen LogP contribution in [0.15, 0.2) is 42.5 Å². The molecule has 0 spiro atoms. The Labute approximate surface area is 152 Å². The highest BCUT2D eigenvalue weighted by molar-refractivity contribution is 6.74. The Hall–Kier alpha value is -1.43. The number of rotatable bonds is 6. The highest BCUT2D eigenvalue weighted by atomic mass is 28.4. The molecule has 0 aliphatic carbocycles. The van der Waals surface area contributed by atoms with E-state index in [1.807, 2.05) is 36.4 Å². The smallest absolute Gasteiger partial charge is 0.330 e. The molecule has 0 unspecified atom stereocenters. The standard InChI is InChI=1S/C20H30O4Si/c1-20(2,3)25(5,6)24-19(16-13-10-14-17(21)23-16)18(22-4)15-11-8-7-9-12-15/h7-12,14,16,18-19H,13H2,1-6H3/t16-,18-,19+/m1/s1. The minimum Gasteiger partial charge on any atom is -0.456 e. The van der Waals surface area contributed by atoms with Gasteiger partial charge in [0.1, 0.15) is 18.3 Å². The first-order valence-corrected chi connectivity index (χ1v) is 11.7. The summed E-state index contributed by atoms with van der Waals surface area (Å²) in [5, 5.41) is 0.0503. The van der Waals surface area contributed by atoms with Gasteiger partial charge in [0.25, 0.3) is 0 Å². The van der Waals surface area contributed by atoms with E-state index in [2.05, 4.69) is 33.9 Å². The van der Waals surface area contributed by atoms with E-state index in [4.69, 9.17) is 13.9 Å². The second-order valence-electron chi connectivity index (χ2n) is 8.02. The molecule has 3 atom stereocenters. The third-order valence-electron chi connectivity index (χ3n) is 5.17. The number of esters is 1. The molecule has 1 aliphatic rings. The van der Waals surface area contributed by atoms with Gasteiger partial charge in [0.05, 0.1) is 0 Å². The lowest BCUT2D eigenvalue weighted by Crippen LogP contribution is -2.50. The molecule has 0 N–H and O–H groups in total. The highest BCUT2D eigenvalue weighted by Crippen LogP contribution is 2.41. The topological polar surface area (TPSA) is 44.8 Å². The fourth-order valence-electron chi connectivity index (χ4n) is 2.69. The van der Waals surface area contributed by atoms with Crippen LogP contribution in [0.4, 0.5) is 0 Å². The molecule has 25 heavy (non-hydrogen) atoms. The Kier molecular flexibility index (Phi) is 6.24. The van der Waals surface area contributed by atoms with Gasteiger partial charge >= 0.3 is 5.97 Å². The molecule has 0 saturated carbocycles. The van der Waals surface area contributed by atoms with Crippen molar-refractivity contribution < 1.29 is 18.7 Å². The maximum absolute atomic E-state index is 11.8. The summed E-state index contributed by atoms with van der Waals surface area (Å²) in [5.41, 5.74) is 1.03. The van der Waals surface area contributed by atoms with Gasteiger partial charge in [-0.05, 0) is 23.7 Å². The van der Waals surface area contributed by atoms with Gasteiger partial charge in [-0.15, -0.1) is 0 Å². The number of ether oxygens (including phenoxy) is 2. The van der Waals surface area contributed by atoms with Gasteiger partial charge in [0.2, 0.25) is 0 Å². The van der Waals surface area contributed by atoms with E-state index in [0.717, 1.165) is 5.56 Å². The maximum Gasteiger partial charge on any atom is 0.330 e. The lowest BCUT2D eigenvalue weighted by atomic mass is 9.97. The Morgan fingerprint density at radius 1 is 1.20 bits per heavy atom. The summed E-state index contributed by atoms with van der Waals surface area (Å²) >= 11 is 0. The van der Waals surface area contributed by atoms with Crippen LogP contribution in [0, 0.1) is 0 Å². The third-order valence-corrected chi connectivity index (χ3v) is 9.65. The van der Waals surface area contributed by atoms with Gasteiger partial charge < -0.3 is 13.9 Å². The van der Waals surface area contributed by atoms with Crippen molar-refractivity contribution in [2.75, 3.05) is 7.11 Å². The summed E-state index contributed by atoms with van der Waals surface area (Å²) in [6, 6.07) is 9.99. The van der Waals surface area contributed by atoms with E-state index in [0.29, 0.717) is 6.42 Å². The van der Waals surface area contributed by atoms with Gasteiger partial charge in [-0.3, -0.25) is 0 Å². The SMILES string of the molecule is CO[C@H](c1ccccc1)[C@@H](O[Si](C)(C)C(C)(C)C)[C@H]1CC=CC(=O)O1. The summed E-state index contributed by atoms with van der Waals surface area (Å²) in [4.78, 5) is 11.8. The minimum absolute atomic E-state index is 0.0503. The normalized spacial score (nSPS) is 20.9. The molecule has 0 saturated heterocycles. The number of carbonyl (C=O) groups is 1. The molecule has 0 radical (unpaired) electrons. The summed E-state index contributed by atoms with van der Waals surface area (Å²) in [5.74, 6) is -0.317. The van der Waals surface area contributed by atoms with Crippen molar-refractivity contribution in [1.29, 1.82) is 0 Å². The van der Waals surface area contributed by atoms with Crippen LogP contribution in [0.1, 0.15) is 38.9 Å². The van der Waals surface area contributed by atoms with Gasteiger partial charge in [-0.1, -0.05) is 57.2 Å². The largest absolute Gasteiger partial charge is 0.456 e. The van der Waals surface area contributed by atoms with Crippen LogP contribution in [-0.4, -0.2) is 33.6 Å². The first kappa shape index (κ1) is 19.9. The zero-order valence-electron chi connectivity index (χ0n) is 16.1. The zero-order chi connectivity index (χ0) is 18.7. The summed E-state index contributed by atoms with van der Waals surface area (Å²) in [6.45, 7) is 11.0. The first-order valence-electron chi connectivity index (χ1n) is 8.78. The van der Waals surface area contributed by atoms with Crippen LogP contribution in [0.2, 0.25) is 18.1 Å². The Morgan fingerprint density at radius 3 is 2.36 bits per heavy atom. The van der Waals surface area contributed by atoms with Crippen LogP contribution >= 0.6 is 0 Å². The van der Waals surface area contributed by atoms with E-state index in [1.54, 1.807) is 7.11 Å². The maximum atomic E-state index is 11.8. The second-order valence-corrected chi connectivity index (χ2v) is 12.8. The molecular formula is C20H30O4Si. The molecule has 1 aromatic carbocycles. The number of hydrogen-bond acceptors (Lipinski definition) is 4. The average Bonchev–Trinajstić information content (AvgIpc) is 2.54. The Morgan fingerprint density at radius 2 is 1.84 bits per heavy atom. The predicted octanol–water partition coefficient (Wildman–Crippen LogP) is 4.64. The molecule has 1 heterocycles. The molecule has 0 amide bonds. The van der Waals surface area contributed by atoms with E-state index in [9.17, 15) is 4.79 Å². The summed E-state index contributed by atoms with van der Waals surface area (Å²) in [6.07, 6.45) is 2.98. The molecule has 4 nitrogen and oxygen atoms in total. The number of methoxy groups -OCH3 is 1. The van der Waals surface area contributed by atoms with Crippen molar-refractivity contribution in [3.63, 3.8) is 0 Å². The zero-order valence-corrected chi connectivity index (χ0v) is 17.1. The number of hydrogen-bond donors (Lipinski definition) is 0. The van der Waals surface area contributed by atoms with Gasteiger partial charge in [0.15, 0.2) is 8.32 Å². The number of carbonyl (C=O) groups excluding carboxylic acids is 1. The van der Waals surface area contributed by atoms with E-state index in [1.165, 1.54) is 6.08 Å². The molecule has 138 valence electrons. The molecular weight excluding hydrogens is 332 g/mol. The van der Waals surface area contributed by atoms with Crippen LogP contribution in [0.25, 0.3) is 0 Å². The lowest BCUT2D eigenvalue weighted by molar-refractivity contribution is -0.155. The van der Waals surface area contributed by atoms with Gasteiger partial charge in [-0.25, -0.2) is 4.79 Å². The van der Waals surface area contributed by atoms with Crippen LogP contribution in [0.5, 0.6) is 0 Å². The fraction of sp³-hybridized carbons (Fsp3) is 0.550. The van der Waals surface area contributed by atoms with Crippen molar-refractivity contribution in [3.8, 4) is 0 Å². The molecule has 0 aromatic heterocycles. The van der Waals surface area contributed by atoms with E-state index >= 15 is 0 Å². The van der Waals surface area contributed by atoms with Crippen molar-refractivity contribution in [1.82, 2.24) is 0 Å². The molecule has 5 heteroatoms. The molecule has 0 fully saturated rings. The van der Waals surface area contributed by atoms with E-state index < -0.39 is 8.32 Å². The van der Waals surface area contributed by atoms with Gasteiger partial charge in [-0.2, -0.15) is 0 Å². The van der Waals surface area contributed by atoms with Crippen LogP contribution in [0.3, 0.4) is 0 Å².